The number of primary sulfonamides is 1. The molecule has 3 N–H and O–H groups in total. The van der Waals surface area contributed by atoms with E-state index < -0.39 is 10.0 Å². The number of nitrogens with two attached hydrogens (primary N) is 1. The van der Waals surface area contributed by atoms with Crippen molar-refractivity contribution in [2.45, 2.75) is 44.0 Å². The average molecular weight is 296 g/mol. The first kappa shape index (κ1) is 15.0. The van der Waals surface area contributed by atoms with Crippen molar-refractivity contribution in [1.29, 1.82) is 0 Å². The first-order valence-electron chi connectivity index (χ1n) is 6.71. The molecule has 1 fully saturated rings. The van der Waals surface area contributed by atoms with Gasteiger partial charge in [0.25, 0.3) is 5.91 Å². The van der Waals surface area contributed by atoms with E-state index in [1.807, 2.05) is 6.92 Å². The smallest absolute Gasteiger partial charge is 0.251 e. The number of benzene rings is 1. The maximum absolute atomic E-state index is 12.2. The molecule has 1 aliphatic rings. The van der Waals surface area contributed by atoms with Gasteiger partial charge in [-0.3, -0.25) is 4.79 Å². The van der Waals surface area contributed by atoms with Crippen molar-refractivity contribution < 1.29 is 13.2 Å². The summed E-state index contributed by atoms with van der Waals surface area (Å²) in [6.07, 6.45) is 3.44. The van der Waals surface area contributed by atoms with Crippen molar-refractivity contribution in [3.05, 3.63) is 29.3 Å². The molecule has 110 valence electrons. The van der Waals surface area contributed by atoms with Crippen LogP contribution in [-0.4, -0.2) is 20.4 Å². The van der Waals surface area contributed by atoms with Crippen LogP contribution < -0.4 is 10.5 Å². The third-order valence-electron chi connectivity index (χ3n) is 3.54. The van der Waals surface area contributed by atoms with Crippen LogP contribution >= 0.6 is 0 Å². The van der Waals surface area contributed by atoms with E-state index in [0.717, 1.165) is 17.9 Å². The van der Waals surface area contributed by atoms with Crippen molar-refractivity contribution >= 4 is 15.9 Å². The molecule has 20 heavy (non-hydrogen) atoms. The van der Waals surface area contributed by atoms with Crippen LogP contribution in [0.4, 0.5) is 0 Å². The van der Waals surface area contributed by atoms with Crippen LogP contribution in [0.1, 0.15) is 42.1 Å². The molecule has 1 atom stereocenters. The lowest BCUT2D eigenvalue weighted by Crippen LogP contribution is -2.33. The summed E-state index contributed by atoms with van der Waals surface area (Å²) in [5.41, 5.74) is 1.09. The number of nitrogens with one attached hydrogen (secondary N) is 1. The number of sulfonamides is 1. The van der Waals surface area contributed by atoms with Gasteiger partial charge >= 0.3 is 0 Å². The molecule has 5 nitrogen and oxygen atoms in total. The Morgan fingerprint density at radius 2 is 2.10 bits per heavy atom. The van der Waals surface area contributed by atoms with Crippen LogP contribution in [0.25, 0.3) is 0 Å². The number of carbonyl (C=O) groups excluding carboxylic acids is 1. The van der Waals surface area contributed by atoms with Crippen LogP contribution in [0, 0.1) is 12.8 Å². The number of hydrogen-bond donors (Lipinski definition) is 2. The molecule has 6 heteroatoms. The highest BCUT2D eigenvalue weighted by atomic mass is 32.2. The van der Waals surface area contributed by atoms with Gasteiger partial charge in [0, 0.05) is 11.6 Å². The molecule has 0 spiro atoms. The second-order valence-corrected chi connectivity index (χ2v) is 7.14. The van der Waals surface area contributed by atoms with Gasteiger partial charge in [0.15, 0.2) is 0 Å². The minimum Gasteiger partial charge on any atom is -0.350 e. The van der Waals surface area contributed by atoms with Gasteiger partial charge < -0.3 is 5.32 Å². The fourth-order valence-corrected chi connectivity index (χ4v) is 2.78. The molecule has 1 saturated carbocycles. The first-order valence-corrected chi connectivity index (χ1v) is 8.26. The number of carbonyl (C=O) groups is 1. The Morgan fingerprint density at radius 3 is 2.65 bits per heavy atom. The summed E-state index contributed by atoms with van der Waals surface area (Å²) in [5.74, 6) is 0.475. The van der Waals surface area contributed by atoms with Crippen molar-refractivity contribution in [2.24, 2.45) is 11.1 Å². The lowest BCUT2D eigenvalue weighted by molar-refractivity contribution is 0.0936. The third-order valence-corrected chi connectivity index (χ3v) is 4.45. The molecular formula is C14H20N2O3S. The summed E-state index contributed by atoms with van der Waals surface area (Å²) in [7, 11) is -3.79. The van der Waals surface area contributed by atoms with Crippen molar-refractivity contribution in [3.63, 3.8) is 0 Å². The van der Waals surface area contributed by atoms with Crippen LogP contribution in [-0.2, 0) is 10.0 Å². The van der Waals surface area contributed by atoms with Gasteiger partial charge in [-0.25, -0.2) is 13.6 Å². The molecule has 0 aromatic heterocycles. The lowest BCUT2D eigenvalue weighted by Gasteiger charge is -2.15. The number of rotatable bonds is 5. The summed E-state index contributed by atoms with van der Waals surface area (Å²) < 4.78 is 22.7. The lowest BCUT2D eigenvalue weighted by atomic mass is 10.1. The summed E-state index contributed by atoms with van der Waals surface area (Å²) in [6, 6.07) is 4.44. The summed E-state index contributed by atoms with van der Waals surface area (Å²) in [4.78, 5) is 12.2. The van der Waals surface area contributed by atoms with Gasteiger partial charge in [-0.1, -0.05) is 18.9 Å². The van der Waals surface area contributed by atoms with Gasteiger partial charge in [0.05, 0.1) is 4.90 Å². The van der Waals surface area contributed by atoms with Gasteiger partial charge in [-0.05, 0) is 43.9 Å². The highest BCUT2D eigenvalue weighted by Gasteiger charge is 2.24. The van der Waals surface area contributed by atoms with Crippen LogP contribution in [0.5, 0.6) is 0 Å². The maximum Gasteiger partial charge on any atom is 0.251 e. The van der Waals surface area contributed by atoms with Crippen LogP contribution in [0.15, 0.2) is 23.1 Å². The Balaban J connectivity index is 2.15. The topological polar surface area (TPSA) is 89.3 Å². The highest BCUT2D eigenvalue weighted by Crippen LogP contribution is 2.33. The fraction of sp³-hybridized carbons (Fsp3) is 0.500. The normalized spacial score (nSPS) is 16.8. The second-order valence-electron chi connectivity index (χ2n) is 5.58. The van der Waals surface area contributed by atoms with E-state index in [9.17, 15) is 13.2 Å². The molecule has 0 aliphatic heterocycles. The van der Waals surface area contributed by atoms with Gasteiger partial charge in [0.2, 0.25) is 10.0 Å². The van der Waals surface area contributed by atoms with Crippen molar-refractivity contribution in [1.82, 2.24) is 5.32 Å². The Bertz CT molecular complexity index is 621. The zero-order valence-corrected chi connectivity index (χ0v) is 12.5. The highest BCUT2D eigenvalue weighted by molar-refractivity contribution is 7.89. The Labute approximate surface area is 119 Å². The molecule has 1 unspecified atom stereocenters. The van der Waals surface area contributed by atoms with E-state index in [0.29, 0.717) is 5.56 Å². The average Bonchev–Trinajstić information content (AvgIpc) is 3.11. The summed E-state index contributed by atoms with van der Waals surface area (Å²) in [5, 5.41) is 8.00. The van der Waals surface area contributed by atoms with E-state index in [4.69, 9.17) is 5.14 Å². The summed E-state index contributed by atoms with van der Waals surface area (Å²) >= 11 is 0. The minimum atomic E-state index is -3.79. The molecule has 1 aromatic carbocycles. The van der Waals surface area contributed by atoms with Crippen molar-refractivity contribution in [3.8, 4) is 0 Å². The Hall–Kier alpha value is -1.40. The van der Waals surface area contributed by atoms with Gasteiger partial charge in [-0.2, -0.15) is 0 Å². The standard InChI is InChI=1S/C14H20N2O3S/c1-9-3-6-12(20(15,18)19)8-13(9)14(17)16-10(2)7-11-4-5-11/h3,6,8,10-11H,4-5,7H2,1-2H3,(H,16,17)(H2,15,18,19). The van der Waals surface area contributed by atoms with E-state index in [1.165, 1.54) is 25.0 Å². The van der Waals surface area contributed by atoms with Crippen LogP contribution in [0.2, 0.25) is 0 Å². The Kier molecular flexibility index (Phi) is 4.15. The molecular weight excluding hydrogens is 276 g/mol. The molecule has 0 radical (unpaired) electrons. The Morgan fingerprint density at radius 1 is 1.45 bits per heavy atom. The number of aryl methyl sites for hydroxylation is 1. The maximum atomic E-state index is 12.2. The predicted octanol–water partition coefficient (Wildman–Crippen LogP) is 1.56. The molecule has 1 aromatic rings. The first-order chi connectivity index (χ1) is 9.27. The second kappa shape index (κ2) is 5.54. The molecule has 0 heterocycles. The number of amides is 1. The van der Waals surface area contributed by atoms with Crippen molar-refractivity contribution in [2.75, 3.05) is 0 Å². The molecule has 2 rings (SSSR count). The largest absolute Gasteiger partial charge is 0.350 e. The molecule has 1 amide bonds. The molecule has 0 bridgehead atoms. The van der Waals surface area contributed by atoms with E-state index in [-0.39, 0.29) is 16.8 Å². The number of hydrogen-bond acceptors (Lipinski definition) is 3. The monoisotopic (exact) mass is 296 g/mol. The fourth-order valence-electron chi connectivity index (χ4n) is 2.24. The molecule has 1 aliphatic carbocycles. The quantitative estimate of drug-likeness (QED) is 0.864. The van der Waals surface area contributed by atoms with E-state index in [2.05, 4.69) is 5.32 Å². The van der Waals surface area contributed by atoms with E-state index >= 15 is 0 Å². The predicted molar refractivity (Wildman–Crippen MR) is 76.8 cm³/mol. The van der Waals surface area contributed by atoms with Gasteiger partial charge in [0.1, 0.15) is 0 Å². The summed E-state index contributed by atoms with van der Waals surface area (Å²) in [6.45, 7) is 3.74. The van der Waals surface area contributed by atoms with E-state index in [1.54, 1.807) is 13.0 Å². The molecule has 0 saturated heterocycles. The third kappa shape index (κ3) is 3.80. The minimum absolute atomic E-state index is 0.0388. The van der Waals surface area contributed by atoms with Crippen LogP contribution in [0.3, 0.4) is 0 Å². The SMILES string of the molecule is Cc1ccc(S(N)(=O)=O)cc1C(=O)NC(C)CC1CC1. The van der Waals surface area contributed by atoms with Gasteiger partial charge in [-0.15, -0.1) is 0 Å². The zero-order valence-electron chi connectivity index (χ0n) is 11.7. The zero-order chi connectivity index (χ0) is 14.9.